The molecule has 2 aromatic heterocycles. The summed E-state index contributed by atoms with van der Waals surface area (Å²) in [7, 11) is 0. The second-order valence-electron chi connectivity index (χ2n) is 3.51. The third kappa shape index (κ3) is 3.88. The van der Waals surface area contributed by atoms with Gasteiger partial charge in [0.05, 0.1) is 2.88 Å². The van der Waals surface area contributed by atoms with Crippen molar-refractivity contribution in [2.75, 3.05) is 6.54 Å². The number of nitrogens with zero attached hydrogens (tertiary/aromatic N) is 2. The average molecular weight is 347 g/mol. The van der Waals surface area contributed by atoms with E-state index in [9.17, 15) is 0 Å². The molecule has 0 aromatic carbocycles. The Hall–Kier alpha value is -0.400. The number of hydrogen-bond acceptors (Lipinski definition) is 3. The van der Waals surface area contributed by atoms with Crippen LogP contribution in [-0.2, 0) is 13.1 Å². The van der Waals surface area contributed by atoms with Crippen LogP contribution in [0.4, 0.5) is 0 Å². The molecule has 0 aliphatic heterocycles. The third-order valence-corrected chi connectivity index (χ3v) is 4.12. The van der Waals surface area contributed by atoms with Gasteiger partial charge in [0, 0.05) is 30.4 Å². The number of rotatable bonds is 6. The zero-order chi connectivity index (χ0) is 11.2. The van der Waals surface area contributed by atoms with Crippen LogP contribution in [0.15, 0.2) is 30.6 Å². The van der Waals surface area contributed by atoms with E-state index in [0.29, 0.717) is 0 Å². The number of nitrogens with one attached hydrogen (secondary N) is 1. The van der Waals surface area contributed by atoms with Gasteiger partial charge in [-0.1, -0.05) is 0 Å². The first-order valence-corrected chi connectivity index (χ1v) is 7.16. The lowest BCUT2D eigenvalue weighted by Crippen LogP contribution is -2.15. The molecule has 0 spiro atoms. The van der Waals surface area contributed by atoms with Crippen LogP contribution in [0.3, 0.4) is 0 Å². The summed E-state index contributed by atoms with van der Waals surface area (Å²) in [5.74, 6) is 0. The highest BCUT2D eigenvalue weighted by atomic mass is 127. The predicted octanol–water partition coefficient (Wildman–Crippen LogP) is 2.73. The summed E-state index contributed by atoms with van der Waals surface area (Å²) < 4.78 is 3.32. The topological polar surface area (TPSA) is 29.9 Å². The molecule has 0 aliphatic carbocycles. The largest absolute Gasteiger partial charge is 0.312 e. The fraction of sp³-hybridized carbons (Fsp3) is 0.364. The van der Waals surface area contributed by atoms with Crippen molar-refractivity contribution in [3.05, 3.63) is 38.4 Å². The Morgan fingerprint density at radius 3 is 3.06 bits per heavy atom. The maximum absolute atomic E-state index is 4.17. The van der Waals surface area contributed by atoms with E-state index >= 15 is 0 Å². The molecule has 0 atom stereocenters. The zero-order valence-electron chi connectivity index (χ0n) is 8.90. The second kappa shape index (κ2) is 6.36. The van der Waals surface area contributed by atoms with Crippen molar-refractivity contribution in [2.24, 2.45) is 0 Å². The Morgan fingerprint density at radius 1 is 1.44 bits per heavy atom. The standard InChI is InChI=1S/C11H14IN3S/c12-11-4-3-10(16-11)9-13-5-1-7-15-8-2-6-14-15/h2-4,6,8,13H,1,5,7,9H2. The number of thiophene rings is 1. The van der Waals surface area contributed by atoms with Gasteiger partial charge in [-0.05, 0) is 53.8 Å². The normalized spacial score (nSPS) is 10.8. The molecule has 2 rings (SSSR count). The van der Waals surface area contributed by atoms with Crippen molar-refractivity contribution < 1.29 is 0 Å². The number of aryl methyl sites for hydroxylation is 1. The first-order valence-electron chi connectivity index (χ1n) is 5.27. The molecule has 86 valence electrons. The lowest BCUT2D eigenvalue weighted by atomic mass is 10.4. The summed E-state index contributed by atoms with van der Waals surface area (Å²) in [5.41, 5.74) is 0. The first-order chi connectivity index (χ1) is 7.84. The van der Waals surface area contributed by atoms with Gasteiger partial charge >= 0.3 is 0 Å². The highest BCUT2D eigenvalue weighted by Gasteiger charge is 1.96. The van der Waals surface area contributed by atoms with Gasteiger partial charge in [-0.25, -0.2) is 0 Å². The number of halogens is 1. The molecule has 1 N–H and O–H groups in total. The highest BCUT2D eigenvalue weighted by Crippen LogP contribution is 2.17. The van der Waals surface area contributed by atoms with Crippen LogP contribution >= 0.6 is 33.9 Å². The van der Waals surface area contributed by atoms with E-state index in [2.05, 4.69) is 45.1 Å². The van der Waals surface area contributed by atoms with E-state index in [0.717, 1.165) is 26.1 Å². The third-order valence-electron chi connectivity index (χ3n) is 2.23. The average Bonchev–Trinajstić information content (AvgIpc) is 2.89. The maximum atomic E-state index is 4.17. The van der Waals surface area contributed by atoms with Crippen molar-refractivity contribution >= 4 is 33.9 Å². The van der Waals surface area contributed by atoms with Crippen LogP contribution in [0.2, 0.25) is 0 Å². The molecule has 0 radical (unpaired) electrons. The van der Waals surface area contributed by atoms with E-state index in [1.165, 1.54) is 7.76 Å². The summed E-state index contributed by atoms with van der Waals surface area (Å²) in [4.78, 5) is 1.41. The summed E-state index contributed by atoms with van der Waals surface area (Å²) in [5, 5.41) is 7.61. The maximum Gasteiger partial charge on any atom is 0.0656 e. The van der Waals surface area contributed by atoms with Crippen molar-refractivity contribution in [3.8, 4) is 0 Å². The van der Waals surface area contributed by atoms with Crippen LogP contribution in [0.1, 0.15) is 11.3 Å². The van der Waals surface area contributed by atoms with E-state index in [1.54, 1.807) is 0 Å². The molecule has 16 heavy (non-hydrogen) atoms. The molecule has 0 amide bonds. The van der Waals surface area contributed by atoms with Gasteiger partial charge in [0.15, 0.2) is 0 Å². The van der Waals surface area contributed by atoms with Gasteiger partial charge < -0.3 is 5.32 Å². The summed E-state index contributed by atoms with van der Waals surface area (Å²) in [6.45, 7) is 3.00. The molecule has 0 unspecified atom stereocenters. The van der Waals surface area contributed by atoms with Crippen molar-refractivity contribution in [3.63, 3.8) is 0 Å². The second-order valence-corrected chi connectivity index (χ2v) is 6.57. The Labute approximate surface area is 113 Å². The van der Waals surface area contributed by atoms with E-state index < -0.39 is 0 Å². The van der Waals surface area contributed by atoms with Gasteiger partial charge in [-0.3, -0.25) is 4.68 Å². The van der Waals surface area contributed by atoms with Crippen LogP contribution in [0.25, 0.3) is 0 Å². The van der Waals surface area contributed by atoms with Crippen molar-refractivity contribution in [1.82, 2.24) is 15.1 Å². The zero-order valence-corrected chi connectivity index (χ0v) is 11.9. The van der Waals surface area contributed by atoms with Crippen molar-refractivity contribution in [2.45, 2.75) is 19.5 Å². The minimum absolute atomic E-state index is 0.979. The number of aromatic nitrogens is 2. The minimum Gasteiger partial charge on any atom is -0.312 e. The van der Waals surface area contributed by atoms with Gasteiger partial charge in [-0.15, -0.1) is 11.3 Å². The molecular formula is C11H14IN3S. The number of hydrogen-bond donors (Lipinski definition) is 1. The summed E-state index contributed by atoms with van der Waals surface area (Å²) in [6, 6.07) is 6.31. The molecule has 0 saturated heterocycles. The Balaban J connectivity index is 1.59. The van der Waals surface area contributed by atoms with Gasteiger partial charge in [0.1, 0.15) is 0 Å². The molecule has 0 fully saturated rings. The SMILES string of the molecule is Ic1ccc(CNCCCn2cccn2)s1. The lowest BCUT2D eigenvalue weighted by Gasteiger charge is -2.03. The van der Waals surface area contributed by atoms with Crippen LogP contribution in [0.5, 0.6) is 0 Å². The van der Waals surface area contributed by atoms with E-state index in [1.807, 2.05) is 34.5 Å². The molecule has 2 heterocycles. The van der Waals surface area contributed by atoms with Gasteiger partial charge in [-0.2, -0.15) is 5.10 Å². The molecule has 3 nitrogen and oxygen atoms in total. The highest BCUT2D eigenvalue weighted by molar-refractivity contribution is 14.1. The van der Waals surface area contributed by atoms with E-state index in [4.69, 9.17) is 0 Å². The Kier molecular flexibility index (Phi) is 4.80. The Morgan fingerprint density at radius 2 is 2.38 bits per heavy atom. The first kappa shape index (κ1) is 12.1. The fourth-order valence-electron chi connectivity index (χ4n) is 1.46. The summed E-state index contributed by atoms with van der Waals surface area (Å²) in [6.07, 6.45) is 4.94. The monoisotopic (exact) mass is 347 g/mol. The predicted molar refractivity (Wildman–Crippen MR) is 75.6 cm³/mol. The molecule has 0 aliphatic rings. The quantitative estimate of drug-likeness (QED) is 0.643. The van der Waals surface area contributed by atoms with Crippen molar-refractivity contribution in [1.29, 1.82) is 0 Å². The van der Waals surface area contributed by atoms with E-state index in [-0.39, 0.29) is 0 Å². The smallest absolute Gasteiger partial charge is 0.0656 e. The Bertz CT molecular complexity index is 411. The van der Waals surface area contributed by atoms with Crippen LogP contribution < -0.4 is 5.32 Å². The van der Waals surface area contributed by atoms with Crippen LogP contribution in [0, 0.1) is 2.88 Å². The molecular weight excluding hydrogens is 333 g/mol. The fourth-order valence-corrected chi connectivity index (χ4v) is 3.18. The molecule has 5 heteroatoms. The summed E-state index contributed by atoms with van der Waals surface area (Å²) >= 11 is 4.21. The van der Waals surface area contributed by atoms with Gasteiger partial charge in [0.25, 0.3) is 0 Å². The van der Waals surface area contributed by atoms with Crippen LogP contribution in [-0.4, -0.2) is 16.3 Å². The molecule has 2 aromatic rings. The van der Waals surface area contributed by atoms with Gasteiger partial charge in [0.2, 0.25) is 0 Å². The molecule has 0 bridgehead atoms. The lowest BCUT2D eigenvalue weighted by molar-refractivity contribution is 0.544. The molecule has 0 saturated carbocycles. The minimum atomic E-state index is 0.979.